The maximum Gasteiger partial charge on any atom is 0.0530 e. The minimum atomic E-state index is 0.218. The molecule has 1 aromatic rings. The van der Waals surface area contributed by atoms with Gasteiger partial charge in [-0.05, 0) is 30.0 Å². The summed E-state index contributed by atoms with van der Waals surface area (Å²) in [4.78, 5) is 0. The fraction of sp³-hybridized carbons (Fsp3) is 0.500. The fourth-order valence-corrected chi connectivity index (χ4v) is 1.96. The highest BCUT2D eigenvalue weighted by molar-refractivity contribution is 5.32. The van der Waals surface area contributed by atoms with Gasteiger partial charge in [-0.2, -0.15) is 0 Å². The van der Waals surface area contributed by atoms with E-state index in [1.54, 1.807) is 0 Å². The number of rotatable bonds is 4. The van der Waals surface area contributed by atoms with Gasteiger partial charge in [0.05, 0.1) is 6.04 Å². The van der Waals surface area contributed by atoms with Crippen LogP contribution >= 0.6 is 0 Å². The van der Waals surface area contributed by atoms with Crippen LogP contribution in [0.15, 0.2) is 36.4 Å². The molecule has 0 heterocycles. The lowest BCUT2D eigenvalue weighted by Gasteiger charge is -2.22. The van der Waals surface area contributed by atoms with Crippen molar-refractivity contribution >= 4 is 0 Å². The molecule has 0 bridgehead atoms. The first-order valence-corrected chi connectivity index (χ1v) is 6.35. The molecule has 0 fully saturated rings. The van der Waals surface area contributed by atoms with Crippen molar-refractivity contribution in [3.05, 3.63) is 47.5 Å². The lowest BCUT2D eigenvalue weighted by Crippen LogP contribution is -2.21. The lowest BCUT2D eigenvalue weighted by molar-refractivity contribution is 0.587. The van der Waals surface area contributed by atoms with Crippen LogP contribution in [0, 0.1) is 0 Å². The Kier molecular flexibility index (Phi) is 4.53. The highest BCUT2D eigenvalue weighted by atomic mass is 14.9. The first-order chi connectivity index (χ1) is 7.86. The van der Waals surface area contributed by atoms with Gasteiger partial charge >= 0.3 is 0 Å². The first kappa shape index (κ1) is 14.0. The molecular formula is C16H25N. The standard InChI is InChI=1S/C16H25N/c1-7-17-15(12(2)3)13-8-10-14(11-9-13)16(4,5)6/h8-11,15,17H,2,7H2,1,3-6H3. The quantitative estimate of drug-likeness (QED) is 0.765. The van der Waals surface area contributed by atoms with Crippen LogP contribution in [-0.4, -0.2) is 6.54 Å². The van der Waals surface area contributed by atoms with Gasteiger partial charge in [-0.3, -0.25) is 0 Å². The van der Waals surface area contributed by atoms with E-state index in [0.29, 0.717) is 0 Å². The minimum Gasteiger partial charge on any atom is -0.307 e. The third kappa shape index (κ3) is 3.71. The number of likely N-dealkylation sites (N-methyl/N-ethyl adjacent to an activating group) is 1. The van der Waals surface area contributed by atoms with Crippen molar-refractivity contribution in [1.82, 2.24) is 5.32 Å². The Labute approximate surface area is 106 Å². The van der Waals surface area contributed by atoms with E-state index in [1.807, 2.05) is 0 Å². The molecular weight excluding hydrogens is 206 g/mol. The van der Waals surface area contributed by atoms with Crippen LogP contribution in [0.1, 0.15) is 51.8 Å². The molecule has 0 aliphatic heterocycles. The van der Waals surface area contributed by atoms with Gasteiger partial charge in [-0.15, -0.1) is 0 Å². The third-order valence-corrected chi connectivity index (χ3v) is 3.01. The molecule has 1 N–H and O–H groups in total. The largest absolute Gasteiger partial charge is 0.307 e. The summed E-state index contributed by atoms with van der Waals surface area (Å²) in [5.41, 5.74) is 4.05. The maximum absolute atomic E-state index is 4.06. The van der Waals surface area contributed by atoms with Crippen LogP contribution < -0.4 is 5.32 Å². The van der Waals surface area contributed by atoms with E-state index in [4.69, 9.17) is 0 Å². The molecule has 1 rings (SSSR count). The highest BCUT2D eigenvalue weighted by Gasteiger charge is 2.15. The Morgan fingerprint density at radius 1 is 1.24 bits per heavy atom. The Hall–Kier alpha value is -1.08. The summed E-state index contributed by atoms with van der Waals surface area (Å²) in [6.07, 6.45) is 0. The van der Waals surface area contributed by atoms with E-state index in [0.717, 1.165) is 12.1 Å². The summed E-state index contributed by atoms with van der Waals surface area (Å²) < 4.78 is 0. The van der Waals surface area contributed by atoms with Crippen LogP contribution in [0.3, 0.4) is 0 Å². The van der Waals surface area contributed by atoms with E-state index >= 15 is 0 Å². The Morgan fingerprint density at radius 2 is 1.76 bits per heavy atom. The highest BCUT2D eigenvalue weighted by Crippen LogP contribution is 2.25. The van der Waals surface area contributed by atoms with Gasteiger partial charge in [0.25, 0.3) is 0 Å². The van der Waals surface area contributed by atoms with Crippen LogP contribution in [0.25, 0.3) is 0 Å². The SMILES string of the molecule is C=C(C)C(NCC)c1ccc(C(C)(C)C)cc1. The first-order valence-electron chi connectivity index (χ1n) is 6.35. The molecule has 0 saturated carbocycles. The van der Waals surface area contributed by atoms with Crippen molar-refractivity contribution < 1.29 is 0 Å². The molecule has 1 nitrogen and oxygen atoms in total. The lowest BCUT2D eigenvalue weighted by atomic mass is 9.86. The molecule has 1 aromatic carbocycles. The van der Waals surface area contributed by atoms with Crippen LogP contribution in [0.4, 0.5) is 0 Å². The van der Waals surface area contributed by atoms with E-state index in [9.17, 15) is 0 Å². The second-order valence-electron chi connectivity index (χ2n) is 5.71. The molecule has 0 aromatic heterocycles. The Balaban J connectivity index is 2.96. The molecule has 0 aliphatic rings. The second-order valence-corrected chi connectivity index (χ2v) is 5.71. The van der Waals surface area contributed by atoms with E-state index in [-0.39, 0.29) is 11.5 Å². The topological polar surface area (TPSA) is 12.0 Å². The van der Waals surface area contributed by atoms with E-state index in [1.165, 1.54) is 11.1 Å². The Morgan fingerprint density at radius 3 is 2.12 bits per heavy atom. The van der Waals surface area contributed by atoms with Crippen molar-refractivity contribution in [1.29, 1.82) is 0 Å². The number of hydrogen-bond donors (Lipinski definition) is 1. The van der Waals surface area contributed by atoms with Crippen LogP contribution in [0.2, 0.25) is 0 Å². The van der Waals surface area contributed by atoms with Crippen molar-refractivity contribution in [2.45, 2.75) is 46.1 Å². The summed E-state index contributed by atoms with van der Waals surface area (Å²) in [6, 6.07) is 9.14. The predicted octanol–water partition coefficient (Wildman–Crippen LogP) is 4.21. The van der Waals surface area contributed by atoms with E-state index < -0.39 is 0 Å². The zero-order valence-electron chi connectivity index (χ0n) is 11.8. The molecule has 1 heteroatoms. The molecule has 0 saturated heterocycles. The molecule has 0 amide bonds. The predicted molar refractivity (Wildman–Crippen MR) is 76.4 cm³/mol. The van der Waals surface area contributed by atoms with Crippen molar-refractivity contribution in [3.8, 4) is 0 Å². The van der Waals surface area contributed by atoms with Gasteiger partial charge in [0, 0.05) is 0 Å². The van der Waals surface area contributed by atoms with Crippen LogP contribution in [0.5, 0.6) is 0 Å². The number of hydrogen-bond acceptors (Lipinski definition) is 1. The average Bonchev–Trinajstić information content (AvgIpc) is 2.24. The summed E-state index contributed by atoms with van der Waals surface area (Å²) in [6.45, 7) is 15.9. The zero-order valence-corrected chi connectivity index (χ0v) is 11.8. The van der Waals surface area contributed by atoms with E-state index in [2.05, 4.69) is 70.8 Å². The minimum absolute atomic E-state index is 0.218. The second kappa shape index (κ2) is 5.50. The molecule has 1 unspecified atom stereocenters. The fourth-order valence-electron chi connectivity index (χ4n) is 1.96. The molecule has 0 aliphatic carbocycles. The molecule has 0 radical (unpaired) electrons. The summed E-state index contributed by atoms with van der Waals surface area (Å²) in [5.74, 6) is 0. The summed E-state index contributed by atoms with van der Waals surface area (Å²) in [5, 5.41) is 3.46. The van der Waals surface area contributed by atoms with Crippen molar-refractivity contribution in [2.75, 3.05) is 6.54 Å². The normalized spacial score (nSPS) is 13.5. The van der Waals surface area contributed by atoms with Gasteiger partial charge in [0.2, 0.25) is 0 Å². The Bertz CT molecular complexity index is 368. The number of benzene rings is 1. The van der Waals surface area contributed by atoms with Gasteiger partial charge < -0.3 is 5.32 Å². The van der Waals surface area contributed by atoms with Gasteiger partial charge in [-0.1, -0.05) is 64.1 Å². The van der Waals surface area contributed by atoms with Crippen molar-refractivity contribution in [3.63, 3.8) is 0 Å². The maximum atomic E-state index is 4.06. The number of nitrogens with one attached hydrogen (secondary N) is 1. The molecule has 1 atom stereocenters. The smallest absolute Gasteiger partial charge is 0.0530 e. The third-order valence-electron chi connectivity index (χ3n) is 3.01. The molecule has 0 spiro atoms. The van der Waals surface area contributed by atoms with Gasteiger partial charge in [0.1, 0.15) is 0 Å². The average molecular weight is 231 g/mol. The molecule has 94 valence electrons. The van der Waals surface area contributed by atoms with Crippen LogP contribution in [-0.2, 0) is 5.41 Å². The zero-order chi connectivity index (χ0) is 13.1. The summed E-state index contributed by atoms with van der Waals surface area (Å²) >= 11 is 0. The van der Waals surface area contributed by atoms with Gasteiger partial charge in [0.15, 0.2) is 0 Å². The summed E-state index contributed by atoms with van der Waals surface area (Å²) in [7, 11) is 0. The molecule has 17 heavy (non-hydrogen) atoms. The van der Waals surface area contributed by atoms with Crippen molar-refractivity contribution in [2.24, 2.45) is 0 Å². The van der Waals surface area contributed by atoms with Gasteiger partial charge in [-0.25, -0.2) is 0 Å². The monoisotopic (exact) mass is 231 g/mol.